The van der Waals surface area contributed by atoms with E-state index in [1.807, 2.05) is 6.07 Å². The predicted octanol–water partition coefficient (Wildman–Crippen LogP) is 1.67. The second-order valence-electron chi connectivity index (χ2n) is 3.17. The molecule has 1 atom stereocenters. The van der Waals surface area contributed by atoms with Gasteiger partial charge in [-0.1, -0.05) is 28.7 Å². The molecule has 0 fully saturated rings. The zero-order chi connectivity index (χ0) is 8.55. The first kappa shape index (κ1) is 8.29. The number of hydrogen-bond donors (Lipinski definition) is 1. The molecular weight excluding hydrogens is 265 g/mol. The number of H-pyrrole nitrogens is 1. The van der Waals surface area contributed by atoms with E-state index in [1.54, 1.807) is 6.07 Å². The van der Waals surface area contributed by atoms with E-state index in [0.29, 0.717) is 0 Å². The van der Waals surface area contributed by atoms with Crippen LogP contribution in [0, 0.1) is 0 Å². The molecule has 2 rings (SSSR count). The van der Waals surface area contributed by atoms with Crippen LogP contribution in [-0.4, -0.2) is 8.91 Å². The van der Waals surface area contributed by atoms with Crippen LogP contribution in [0.5, 0.6) is 0 Å². The highest BCUT2D eigenvalue weighted by Gasteiger charge is 2.15. The van der Waals surface area contributed by atoms with E-state index in [-0.39, 0.29) is 5.56 Å². The molecule has 1 aromatic heterocycles. The number of aromatic nitrogens is 1. The van der Waals surface area contributed by atoms with E-state index < -0.39 is 0 Å². The summed E-state index contributed by atoms with van der Waals surface area (Å²) < 4.78 is 0.737. The minimum atomic E-state index is 0.0284. The van der Waals surface area contributed by atoms with Crippen LogP contribution in [0.15, 0.2) is 16.9 Å². The van der Waals surface area contributed by atoms with Gasteiger partial charge in [0.2, 0.25) is 5.56 Å². The smallest absolute Gasteiger partial charge is 0.248 e. The second kappa shape index (κ2) is 3.20. The van der Waals surface area contributed by atoms with Gasteiger partial charge in [0.05, 0.1) is 0 Å². The quantitative estimate of drug-likeness (QED) is 0.567. The number of nitrogens with one attached hydrogen (secondary N) is 1. The Hall–Kier alpha value is -0.320. The number of rotatable bonds is 0. The molecule has 0 saturated heterocycles. The van der Waals surface area contributed by atoms with Gasteiger partial charge in [-0.05, 0) is 24.8 Å². The summed E-state index contributed by atoms with van der Waals surface area (Å²) in [4.78, 5) is 13.9. The standard InChI is InChI=1S/C9H10INO/c10-7-2-3-8-6(5-7)1-4-9(12)11-8/h1,4,7H,2-3,5H2,(H,11,12). The molecular formula is C9H10INO. The Kier molecular flexibility index (Phi) is 2.21. The van der Waals surface area contributed by atoms with Crippen molar-refractivity contribution in [3.63, 3.8) is 0 Å². The van der Waals surface area contributed by atoms with Gasteiger partial charge in [0.15, 0.2) is 0 Å². The van der Waals surface area contributed by atoms with Crippen LogP contribution >= 0.6 is 22.6 Å². The second-order valence-corrected chi connectivity index (χ2v) is 4.93. The maximum atomic E-state index is 11.0. The summed E-state index contributed by atoms with van der Waals surface area (Å²) in [5, 5.41) is 0. The summed E-state index contributed by atoms with van der Waals surface area (Å²) in [5.74, 6) is 0. The monoisotopic (exact) mass is 275 g/mol. The third kappa shape index (κ3) is 1.55. The third-order valence-corrected chi connectivity index (χ3v) is 3.31. The Morgan fingerprint density at radius 1 is 1.50 bits per heavy atom. The number of hydrogen-bond acceptors (Lipinski definition) is 1. The van der Waals surface area contributed by atoms with Crippen LogP contribution in [-0.2, 0) is 12.8 Å². The van der Waals surface area contributed by atoms with Gasteiger partial charge in [0.25, 0.3) is 0 Å². The number of halogens is 1. The van der Waals surface area contributed by atoms with Crippen molar-refractivity contribution in [2.75, 3.05) is 0 Å². The van der Waals surface area contributed by atoms with Gasteiger partial charge < -0.3 is 4.98 Å². The molecule has 0 radical (unpaired) electrons. The molecule has 0 bridgehead atoms. The Bertz CT molecular complexity index is 345. The molecule has 0 aliphatic heterocycles. The fraction of sp³-hybridized carbons (Fsp3) is 0.444. The normalized spacial score (nSPS) is 21.9. The van der Waals surface area contributed by atoms with Gasteiger partial charge in [0, 0.05) is 15.7 Å². The van der Waals surface area contributed by atoms with Crippen LogP contribution < -0.4 is 5.56 Å². The molecule has 0 amide bonds. The van der Waals surface area contributed by atoms with Crippen LogP contribution in [0.25, 0.3) is 0 Å². The molecule has 1 unspecified atom stereocenters. The molecule has 1 aromatic rings. The number of fused-ring (bicyclic) bond motifs is 1. The molecule has 64 valence electrons. The van der Waals surface area contributed by atoms with Gasteiger partial charge in [-0.15, -0.1) is 0 Å². The van der Waals surface area contributed by atoms with Crippen molar-refractivity contribution in [2.24, 2.45) is 0 Å². The lowest BCUT2D eigenvalue weighted by Gasteiger charge is -2.18. The molecule has 1 aliphatic carbocycles. The third-order valence-electron chi connectivity index (χ3n) is 2.25. The first-order valence-electron chi connectivity index (χ1n) is 4.11. The molecule has 3 heteroatoms. The summed E-state index contributed by atoms with van der Waals surface area (Å²) in [6.07, 6.45) is 3.32. The van der Waals surface area contributed by atoms with Crippen molar-refractivity contribution < 1.29 is 0 Å². The summed E-state index contributed by atoms with van der Waals surface area (Å²) in [5.41, 5.74) is 2.50. The minimum Gasteiger partial charge on any atom is -0.326 e. The number of aryl methyl sites for hydroxylation is 1. The first-order chi connectivity index (χ1) is 5.75. The van der Waals surface area contributed by atoms with Crippen LogP contribution in [0.3, 0.4) is 0 Å². The van der Waals surface area contributed by atoms with Crippen molar-refractivity contribution >= 4 is 22.6 Å². The van der Waals surface area contributed by atoms with Crippen LogP contribution in [0.4, 0.5) is 0 Å². The van der Waals surface area contributed by atoms with Crippen molar-refractivity contribution in [3.05, 3.63) is 33.7 Å². The van der Waals surface area contributed by atoms with Gasteiger partial charge in [0.1, 0.15) is 0 Å². The van der Waals surface area contributed by atoms with Crippen LogP contribution in [0.2, 0.25) is 0 Å². The zero-order valence-electron chi connectivity index (χ0n) is 6.64. The maximum absolute atomic E-state index is 11.0. The molecule has 0 spiro atoms. The SMILES string of the molecule is O=c1ccc2c([nH]1)CCC(I)C2. The highest BCUT2D eigenvalue weighted by molar-refractivity contribution is 14.1. The molecule has 12 heavy (non-hydrogen) atoms. The average Bonchev–Trinajstić information content (AvgIpc) is 2.05. The van der Waals surface area contributed by atoms with Gasteiger partial charge in [-0.3, -0.25) is 4.79 Å². The van der Waals surface area contributed by atoms with Crippen molar-refractivity contribution in [1.82, 2.24) is 4.98 Å². The van der Waals surface area contributed by atoms with E-state index in [2.05, 4.69) is 27.6 Å². The Labute approximate surface area is 84.5 Å². The van der Waals surface area contributed by atoms with Crippen molar-refractivity contribution in [2.45, 2.75) is 23.2 Å². The predicted molar refractivity (Wildman–Crippen MR) is 56.9 cm³/mol. The van der Waals surface area contributed by atoms with Gasteiger partial charge in [-0.2, -0.15) is 0 Å². The summed E-state index contributed by atoms with van der Waals surface area (Å²) >= 11 is 2.47. The number of aromatic amines is 1. The van der Waals surface area contributed by atoms with E-state index in [9.17, 15) is 4.79 Å². The molecule has 0 aromatic carbocycles. The summed E-state index contributed by atoms with van der Waals surface area (Å²) in [6.45, 7) is 0. The molecule has 1 aliphatic rings. The Morgan fingerprint density at radius 3 is 3.17 bits per heavy atom. The van der Waals surface area contributed by atoms with E-state index in [0.717, 1.165) is 22.5 Å². The largest absolute Gasteiger partial charge is 0.326 e. The summed E-state index contributed by atoms with van der Waals surface area (Å²) in [7, 11) is 0. The number of alkyl halides is 1. The Balaban J connectivity index is 2.43. The van der Waals surface area contributed by atoms with E-state index in [4.69, 9.17) is 0 Å². The first-order valence-corrected chi connectivity index (χ1v) is 5.35. The maximum Gasteiger partial charge on any atom is 0.248 e. The lowest BCUT2D eigenvalue weighted by Crippen LogP contribution is -2.18. The van der Waals surface area contributed by atoms with Crippen molar-refractivity contribution in [1.29, 1.82) is 0 Å². The fourth-order valence-electron chi connectivity index (χ4n) is 1.60. The average molecular weight is 275 g/mol. The zero-order valence-corrected chi connectivity index (χ0v) is 8.80. The van der Waals surface area contributed by atoms with Gasteiger partial charge in [-0.25, -0.2) is 0 Å². The van der Waals surface area contributed by atoms with E-state index in [1.165, 1.54) is 12.0 Å². The van der Waals surface area contributed by atoms with Crippen LogP contribution in [0.1, 0.15) is 17.7 Å². The van der Waals surface area contributed by atoms with Gasteiger partial charge >= 0.3 is 0 Å². The Morgan fingerprint density at radius 2 is 2.33 bits per heavy atom. The molecule has 1 N–H and O–H groups in total. The van der Waals surface area contributed by atoms with Crippen molar-refractivity contribution in [3.8, 4) is 0 Å². The highest BCUT2D eigenvalue weighted by Crippen LogP contribution is 2.23. The molecule has 2 nitrogen and oxygen atoms in total. The summed E-state index contributed by atoms with van der Waals surface area (Å²) in [6, 6.07) is 3.58. The fourth-order valence-corrected chi connectivity index (χ4v) is 2.39. The topological polar surface area (TPSA) is 32.9 Å². The highest BCUT2D eigenvalue weighted by atomic mass is 127. The lowest BCUT2D eigenvalue weighted by atomic mass is 9.96. The lowest BCUT2D eigenvalue weighted by molar-refractivity contribution is 0.698. The van der Waals surface area contributed by atoms with E-state index >= 15 is 0 Å². The molecule has 1 heterocycles. The molecule has 0 saturated carbocycles. The number of pyridine rings is 1. The minimum absolute atomic E-state index is 0.0284.